The van der Waals surface area contributed by atoms with E-state index < -0.39 is 8.87 Å². The molecule has 5 heteroatoms. The number of rotatable bonds is 4. The molecule has 0 fully saturated rings. The van der Waals surface area contributed by atoms with Crippen LogP contribution in [-0.4, -0.2) is 13.5 Å². The molecule has 2 aromatic carbocycles. The first-order chi connectivity index (χ1) is 9.83. The topological polar surface area (TPSA) is 54.4 Å². The van der Waals surface area contributed by atoms with E-state index in [2.05, 4.69) is 0 Å². The summed E-state index contributed by atoms with van der Waals surface area (Å²) in [6, 6.07) is 10.5. The first-order valence-electron chi connectivity index (χ1n) is 6.55. The lowest BCUT2D eigenvalue weighted by molar-refractivity contribution is 0.281. The molecule has 0 unspecified atom stereocenters. The minimum absolute atomic E-state index is 0.0394. The smallest absolute Gasteiger partial charge is 0.234 e. The average molecular weight is 322 g/mol. The van der Waals surface area contributed by atoms with Gasteiger partial charge >= 0.3 is 0 Å². The zero-order valence-electron chi connectivity index (χ0n) is 12.3. The van der Waals surface area contributed by atoms with E-state index in [4.69, 9.17) is 0 Å². The maximum Gasteiger partial charge on any atom is 0.234 e. The quantitative estimate of drug-likeness (QED) is 0.874. The van der Waals surface area contributed by atoms with Crippen molar-refractivity contribution in [2.24, 2.45) is 0 Å². The van der Waals surface area contributed by atoms with Crippen molar-refractivity contribution in [3.05, 3.63) is 58.7 Å². The first-order valence-corrected chi connectivity index (χ1v) is 9.37. The summed E-state index contributed by atoms with van der Waals surface area (Å²) in [6.07, 6.45) is 0. The highest BCUT2D eigenvalue weighted by Gasteiger charge is 2.18. The highest BCUT2D eigenvalue weighted by Crippen LogP contribution is 2.34. The van der Waals surface area contributed by atoms with Crippen molar-refractivity contribution in [2.75, 3.05) is 0 Å². The van der Waals surface area contributed by atoms with Gasteiger partial charge in [-0.3, -0.25) is 0 Å². The zero-order valence-corrected chi connectivity index (χ0v) is 13.9. The molecular formula is C16H18O3S2. The van der Waals surface area contributed by atoms with E-state index in [0.717, 1.165) is 33.0 Å². The molecule has 0 amide bonds. The van der Waals surface area contributed by atoms with Crippen molar-refractivity contribution in [2.45, 2.75) is 37.2 Å². The van der Waals surface area contributed by atoms with Crippen molar-refractivity contribution in [3.8, 4) is 0 Å². The van der Waals surface area contributed by atoms with Crippen LogP contribution in [0.1, 0.15) is 22.3 Å². The second-order valence-electron chi connectivity index (χ2n) is 5.05. The van der Waals surface area contributed by atoms with Crippen molar-refractivity contribution < 1.29 is 13.5 Å². The molecule has 0 bridgehead atoms. The SMILES string of the molecule is Cc1ccc(S(=O)(=O)Sc2cc(C)c(CO)cc2C)cc1. The van der Waals surface area contributed by atoms with Crippen LogP contribution in [0.25, 0.3) is 0 Å². The van der Waals surface area contributed by atoms with Gasteiger partial charge in [0.25, 0.3) is 0 Å². The summed E-state index contributed by atoms with van der Waals surface area (Å²) < 4.78 is 24.9. The molecule has 0 radical (unpaired) electrons. The van der Waals surface area contributed by atoms with Crippen LogP contribution in [-0.2, 0) is 15.5 Å². The fourth-order valence-electron chi connectivity index (χ4n) is 1.98. The molecule has 0 saturated heterocycles. The third kappa shape index (κ3) is 3.67. The second kappa shape index (κ2) is 6.22. The van der Waals surface area contributed by atoms with Gasteiger partial charge in [0.2, 0.25) is 8.87 Å². The van der Waals surface area contributed by atoms with Crippen LogP contribution in [0.5, 0.6) is 0 Å². The Kier molecular flexibility index (Phi) is 4.76. The van der Waals surface area contributed by atoms with Gasteiger partial charge in [0.1, 0.15) is 0 Å². The third-order valence-corrected chi connectivity index (χ3v) is 6.78. The molecule has 0 aliphatic heterocycles. The fourth-order valence-corrected chi connectivity index (χ4v) is 5.07. The molecule has 2 aromatic rings. The first kappa shape index (κ1) is 16.1. The van der Waals surface area contributed by atoms with Gasteiger partial charge in [0.05, 0.1) is 11.5 Å². The summed E-state index contributed by atoms with van der Waals surface area (Å²) in [7, 11) is -2.58. The molecule has 0 spiro atoms. The van der Waals surface area contributed by atoms with Crippen LogP contribution < -0.4 is 0 Å². The van der Waals surface area contributed by atoms with Gasteiger partial charge in [0.15, 0.2) is 0 Å². The van der Waals surface area contributed by atoms with E-state index in [-0.39, 0.29) is 6.61 Å². The molecular weight excluding hydrogens is 304 g/mol. The normalized spacial score (nSPS) is 11.6. The van der Waals surface area contributed by atoms with E-state index >= 15 is 0 Å². The maximum absolute atomic E-state index is 12.4. The number of benzene rings is 2. The van der Waals surface area contributed by atoms with Crippen molar-refractivity contribution in [3.63, 3.8) is 0 Å². The van der Waals surface area contributed by atoms with Crippen LogP contribution in [0.15, 0.2) is 46.2 Å². The largest absolute Gasteiger partial charge is 0.392 e. The minimum Gasteiger partial charge on any atom is -0.392 e. The monoisotopic (exact) mass is 322 g/mol. The molecule has 2 rings (SSSR count). The predicted octanol–water partition coefficient (Wildman–Crippen LogP) is 3.59. The van der Waals surface area contributed by atoms with E-state index in [1.165, 1.54) is 0 Å². The van der Waals surface area contributed by atoms with Crippen LogP contribution in [0.3, 0.4) is 0 Å². The Balaban J connectivity index is 2.37. The van der Waals surface area contributed by atoms with Crippen molar-refractivity contribution in [1.82, 2.24) is 0 Å². The van der Waals surface area contributed by atoms with Gasteiger partial charge < -0.3 is 5.11 Å². The van der Waals surface area contributed by atoms with E-state index in [0.29, 0.717) is 9.79 Å². The molecule has 0 atom stereocenters. The summed E-state index contributed by atoms with van der Waals surface area (Å²) in [4.78, 5) is 1.01. The van der Waals surface area contributed by atoms with Crippen LogP contribution >= 0.6 is 10.8 Å². The summed E-state index contributed by atoms with van der Waals surface area (Å²) in [6.45, 7) is 5.60. The average Bonchev–Trinajstić information content (AvgIpc) is 2.42. The summed E-state index contributed by atoms with van der Waals surface area (Å²) in [5.41, 5.74) is 3.60. The van der Waals surface area contributed by atoms with Crippen LogP contribution in [0, 0.1) is 20.8 Å². The highest BCUT2D eigenvalue weighted by molar-refractivity contribution is 8.72. The molecule has 0 saturated carbocycles. The van der Waals surface area contributed by atoms with Gasteiger partial charge in [-0.05, 0) is 55.7 Å². The Morgan fingerprint density at radius 1 is 1.00 bits per heavy atom. The van der Waals surface area contributed by atoms with Gasteiger partial charge in [-0.1, -0.05) is 23.8 Å². The molecule has 0 aromatic heterocycles. The Morgan fingerprint density at radius 3 is 2.19 bits per heavy atom. The van der Waals surface area contributed by atoms with Gasteiger partial charge in [0, 0.05) is 15.7 Å². The van der Waals surface area contributed by atoms with E-state index in [9.17, 15) is 13.5 Å². The second-order valence-corrected chi connectivity index (χ2v) is 8.86. The fraction of sp³-hybridized carbons (Fsp3) is 0.250. The zero-order chi connectivity index (χ0) is 15.6. The van der Waals surface area contributed by atoms with Crippen LogP contribution in [0.2, 0.25) is 0 Å². The molecule has 1 N–H and O–H groups in total. The summed E-state index contributed by atoms with van der Waals surface area (Å²) in [5.74, 6) is 0. The lowest BCUT2D eigenvalue weighted by Gasteiger charge is -2.11. The highest BCUT2D eigenvalue weighted by atomic mass is 33.1. The molecule has 0 aliphatic carbocycles. The lowest BCUT2D eigenvalue weighted by Crippen LogP contribution is -1.98. The summed E-state index contributed by atoms with van der Waals surface area (Å²) in [5, 5.41) is 9.25. The van der Waals surface area contributed by atoms with E-state index in [1.54, 1.807) is 24.3 Å². The van der Waals surface area contributed by atoms with Crippen molar-refractivity contribution in [1.29, 1.82) is 0 Å². The third-order valence-electron chi connectivity index (χ3n) is 3.31. The molecule has 21 heavy (non-hydrogen) atoms. The van der Waals surface area contributed by atoms with E-state index in [1.807, 2.05) is 32.9 Å². The standard InChI is InChI=1S/C16H18O3S2/c1-11-4-6-15(7-5-11)21(18,19)20-16-9-12(2)14(10-17)8-13(16)3/h4-9,17H,10H2,1-3H3. The number of hydrogen-bond donors (Lipinski definition) is 1. The summed E-state index contributed by atoms with van der Waals surface area (Å²) >= 11 is 0. The van der Waals surface area contributed by atoms with Crippen molar-refractivity contribution >= 4 is 19.7 Å². The van der Waals surface area contributed by atoms with Crippen LogP contribution in [0.4, 0.5) is 0 Å². The van der Waals surface area contributed by atoms with Gasteiger partial charge in [-0.15, -0.1) is 0 Å². The predicted molar refractivity (Wildman–Crippen MR) is 86.1 cm³/mol. The number of aryl methyl sites for hydroxylation is 3. The van der Waals surface area contributed by atoms with Gasteiger partial charge in [-0.25, -0.2) is 8.42 Å². The molecule has 3 nitrogen and oxygen atoms in total. The van der Waals surface area contributed by atoms with Gasteiger partial charge in [-0.2, -0.15) is 0 Å². The molecule has 0 heterocycles. The minimum atomic E-state index is -3.43. The molecule has 112 valence electrons. The Bertz CT molecular complexity index is 748. The Morgan fingerprint density at radius 2 is 1.62 bits per heavy atom. The number of hydrogen-bond acceptors (Lipinski definition) is 4. The Hall–Kier alpha value is -1.30. The lowest BCUT2D eigenvalue weighted by atomic mass is 10.1. The maximum atomic E-state index is 12.4. The number of aliphatic hydroxyl groups excluding tert-OH is 1. The Labute approximate surface area is 129 Å². The molecule has 0 aliphatic rings. The number of aliphatic hydroxyl groups is 1.